The summed E-state index contributed by atoms with van der Waals surface area (Å²) in [6.07, 6.45) is -5.78. The predicted molar refractivity (Wildman–Crippen MR) is 222 cm³/mol. The van der Waals surface area contributed by atoms with Gasteiger partial charge in [0.2, 0.25) is 5.91 Å². The van der Waals surface area contributed by atoms with Crippen LogP contribution in [0.4, 0.5) is 40.9 Å². The number of aldehydes is 1. The third kappa shape index (κ3) is 19.6. The normalized spacial score (nSPS) is 13.7. The summed E-state index contributed by atoms with van der Waals surface area (Å²) < 4.78 is 111. The van der Waals surface area contributed by atoms with Crippen LogP contribution >= 0.6 is 46.4 Å². The van der Waals surface area contributed by atoms with Gasteiger partial charge in [0.05, 0.1) is 71.7 Å². The number of benzene rings is 2. The molecule has 12 nitrogen and oxygen atoms in total. The molecule has 2 aromatic heterocycles. The maximum atomic E-state index is 14.2. The number of amides is 1. The van der Waals surface area contributed by atoms with E-state index in [2.05, 4.69) is 14.8 Å². The Hall–Kier alpha value is -5.01. The lowest BCUT2D eigenvalue weighted by Gasteiger charge is -2.40. The van der Waals surface area contributed by atoms with Gasteiger partial charge in [-0.3, -0.25) is 19.4 Å². The number of ether oxygens (including phenoxy) is 2. The van der Waals surface area contributed by atoms with E-state index < -0.39 is 71.1 Å². The first-order valence-corrected chi connectivity index (χ1v) is 20.2. The highest BCUT2D eigenvalue weighted by molar-refractivity contribution is 6.30. The molecule has 2 aliphatic heterocycles. The summed E-state index contributed by atoms with van der Waals surface area (Å²) in [4.78, 5) is 56.0. The number of carboxylic acid groups (broad SMARTS) is 1. The van der Waals surface area contributed by atoms with Gasteiger partial charge in [0.25, 0.3) is 0 Å². The van der Waals surface area contributed by atoms with Crippen LogP contribution in [-0.4, -0.2) is 88.1 Å². The van der Waals surface area contributed by atoms with Crippen molar-refractivity contribution in [2.75, 3.05) is 38.2 Å². The molecule has 0 bridgehead atoms. The second-order valence-corrected chi connectivity index (χ2v) is 14.7. The first-order chi connectivity index (χ1) is 30.6. The summed E-state index contributed by atoms with van der Waals surface area (Å²) in [5.74, 6) is -4.62. The first kappa shape index (κ1) is 56.1. The molecule has 4 aromatic rings. The number of pyridine rings is 2. The minimum Gasteiger partial charge on any atom is -0.480 e. The van der Waals surface area contributed by atoms with Crippen LogP contribution in [0, 0.1) is 30.0 Å². The van der Waals surface area contributed by atoms with Crippen molar-refractivity contribution in [3.8, 4) is 0 Å². The predicted octanol–water partition coefficient (Wildman–Crippen LogP) is 9.02. The number of ketones is 1. The Morgan fingerprint density at radius 3 is 1.65 bits per heavy atom. The van der Waals surface area contributed by atoms with Gasteiger partial charge in [0.1, 0.15) is 30.1 Å². The lowest BCUT2D eigenvalue weighted by atomic mass is 9.90. The van der Waals surface area contributed by atoms with Crippen LogP contribution in [0.15, 0.2) is 73.1 Å². The molecule has 65 heavy (non-hydrogen) atoms. The van der Waals surface area contributed by atoms with Crippen molar-refractivity contribution in [3.05, 3.63) is 134 Å². The number of nitrogens with two attached hydrogens (primary N) is 1. The Morgan fingerprint density at radius 2 is 1.31 bits per heavy atom. The molecule has 0 radical (unpaired) electrons. The molecule has 1 unspecified atom stereocenters. The molecule has 3 N–H and O–H groups in total. The molecule has 4 heterocycles. The third-order valence-corrected chi connectivity index (χ3v) is 9.32. The fourth-order valence-electron chi connectivity index (χ4n) is 5.04. The zero-order chi connectivity index (χ0) is 48.9. The smallest absolute Gasteiger partial charge is 0.416 e. The molecule has 0 spiro atoms. The summed E-state index contributed by atoms with van der Waals surface area (Å²) >= 11 is 21.5. The summed E-state index contributed by atoms with van der Waals surface area (Å²) in [5, 5.41) is 7.86. The molecule has 2 aromatic carbocycles. The molecule has 352 valence electrons. The lowest BCUT2D eigenvalue weighted by Crippen LogP contribution is -2.55. The van der Waals surface area contributed by atoms with Crippen LogP contribution in [0.1, 0.15) is 27.9 Å². The number of aromatic nitrogens is 2. The standard InChI is InChI=1S/C21H18Cl2F4N2O3.C8H8F3N.C6H2ClFN2.C4H6O2.C2H3ClO2/c22-7-19(31)29(9-12-1-3-14(4-2-12)21(25,26)27)20(13-10-32-11-13)18(30)6-17-16(24)5-15(23)8-28-17;9-8(10,11)7-3-1-6(5-12)2-4-7;1-9-6-5(8)2-4(7)3-10-6;5-1-4-2-6-3-4;3-1-2(4)5/h1-5,8,13,20H,6-7,9-11H2;1-4H,5,12H2;2-3H;1,4H,2-3H2;1H2,(H,4,5). The summed E-state index contributed by atoms with van der Waals surface area (Å²) in [5.41, 5.74) is 4.71. The SMILES string of the molecule is NCc1ccc(C(F)(F)F)cc1.O=C(Cc1ncc(Cl)cc1F)C(C1COC1)N(Cc1ccc(C(F)(F)F)cc1)C(=O)CCl.O=C(O)CCl.O=CC1COC1.[C-]#[N+]c1ncc(Cl)cc1F. The molecule has 0 saturated carbocycles. The Morgan fingerprint density at radius 1 is 0.831 bits per heavy atom. The number of Topliss-reactive ketones (excluding diaryl/α,β-unsaturated/α-hetero) is 1. The van der Waals surface area contributed by atoms with E-state index in [0.717, 1.165) is 42.7 Å². The number of aliphatic carboxylic acids is 1. The Kier molecular flexibility index (Phi) is 23.7. The van der Waals surface area contributed by atoms with Gasteiger partial charge in [0, 0.05) is 25.2 Å². The van der Waals surface area contributed by atoms with Crippen molar-refractivity contribution in [2.24, 2.45) is 17.6 Å². The van der Waals surface area contributed by atoms with Gasteiger partial charge in [-0.2, -0.15) is 26.3 Å². The van der Waals surface area contributed by atoms with E-state index >= 15 is 0 Å². The van der Waals surface area contributed by atoms with E-state index in [9.17, 15) is 54.3 Å². The lowest BCUT2D eigenvalue weighted by molar-refractivity contribution is -0.149. The van der Waals surface area contributed by atoms with Crippen molar-refractivity contribution < 1.29 is 68.9 Å². The van der Waals surface area contributed by atoms with Crippen LogP contribution in [0.3, 0.4) is 0 Å². The van der Waals surface area contributed by atoms with Crippen LogP contribution in [-0.2, 0) is 60.5 Å². The van der Waals surface area contributed by atoms with E-state index in [1.807, 2.05) is 0 Å². The summed E-state index contributed by atoms with van der Waals surface area (Å²) in [6.45, 7) is 8.24. The zero-order valence-corrected chi connectivity index (χ0v) is 36.4. The monoisotopic (exact) mass is 1000 g/mol. The van der Waals surface area contributed by atoms with Gasteiger partial charge >= 0.3 is 24.1 Å². The van der Waals surface area contributed by atoms with Crippen molar-refractivity contribution >= 4 is 76.2 Å². The molecule has 24 heteroatoms. The first-order valence-electron chi connectivity index (χ1n) is 18.4. The number of carbonyl (C=O) groups is 4. The van der Waals surface area contributed by atoms with E-state index in [4.69, 9.17) is 73.3 Å². The van der Waals surface area contributed by atoms with E-state index in [1.165, 1.54) is 41.6 Å². The Labute approximate surface area is 386 Å². The number of carboxylic acids is 1. The Bertz CT molecular complexity index is 2210. The maximum absolute atomic E-state index is 14.2. The second-order valence-electron chi connectivity index (χ2n) is 13.2. The van der Waals surface area contributed by atoms with Gasteiger partial charge in [-0.15, -0.1) is 28.2 Å². The summed E-state index contributed by atoms with van der Waals surface area (Å²) in [7, 11) is 0. The fourth-order valence-corrected chi connectivity index (χ4v) is 5.48. The van der Waals surface area contributed by atoms with Gasteiger partial charge < -0.3 is 34.9 Å². The second kappa shape index (κ2) is 27.5. The molecular formula is C41H37Cl4F8N5O7. The van der Waals surface area contributed by atoms with Crippen LogP contribution in [0.25, 0.3) is 4.85 Å². The van der Waals surface area contributed by atoms with Gasteiger partial charge in [-0.1, -0.05) is 54.0 Å². The maximum Gasteiger partial charge on any atom is 0.416 e. The molecule has 2 fully saturated rings. The minimum atomic E-state index is -4.50. The molecular weight excluding hydrogens is 968 g/mol. The van der Waals surface area contributed by atoms with Crippen LogP contribution in [0.5, 0.6) is 0 Å². The number of nitrogens with zero attached hydrogens (tertiary/aromatic N) is 4. The zero-order valence-electron chi connectivity index (χ0n) is 33.4. The number of carbonyl (C=O) groups excluding carboxylic acids is 3. The van der Waals surface area contributed by atoms with E-state index in [0.29, 0.717) is 24.3 Å². The van der Waals surface area contributed by atoms with Crippen molar-refractivity contribution in [1.82, 2.24) is 14.9 Å². The fraction of sp³-hybridized carbons (Fsp3) is 0.341. The van der Waals surface area contributed by atoms with Crippen molar-refractivity contribution in [1.29, 1.82) is 0 Å². The molecule has 6 rings (SSSR count). The van der Waals surface area contributed by atoms with Gasteiger partial charge in [-0.05, 0) is 47.5 Å². The van der Waals surface area contributed by atoms with Crippen molar-refractivity contribution in [2.45, 2.75) is 37.9 Å². The van der Waals surface area contributed by atoms with Crippen LogP contribution in [0.2, 0.25) is 10.0 Å². The number of hydrogen-bond acceptors (Lipinski definition) is 9. The molecule has 1 atom stereocenters. The molecule has 0 aliphatic carbocycles. The van der Waals surface area contributed by atoms with Crippen molar-refractivity contribution in [3.63, 3.8) is 0 Å². The largest absolute Gasteiger partial charge is 0.480 e. The van der Waals surface area contributed by atoms with Gasteiger partial charge in [0.15, 0.2) is 11.6 Å². The molecule has 1 amide bonds. The number of halogens is 12. The number of rotatable bonds is 11. The van der Waals surface area contributed by atoms with Crippen LogP contribution < -0.4 is 5.73 Å². The van der Waals surface area contributed by atoms with E-state index in [1.54, 1.807) is 0 Å². The quantitative estimate of drug-likeness (QED) is 0.0641. The third-order valence-electron chi connectivity index (χ3n) is 8.45. The highest BCUT2D eigenvalue weighted by Gasteiger charge is 2.40. The topological polar surface area (TPSA) is 166 Å². The molecule has 2 aliphatic rings. The summed E-state index contributed by atoms with van der Waals surface area (Å²) in [6, 6.07) is 10.2. The highest BCUT2D eigenvalue weighted by Crippen LogP contribution is 2.31. The molecule has 2 saturated heterocycles. The van der Waals surface area contributed by atoms with E-state index in [-0.39, 0.29) is 65.6 Å². The Balaban J connectivity index is 0.000000354. The highest BCUT2D eigenvalue weighted by atomic mass is 35.5. The number of alkyl halides is 8. The minimum absolute atomic E-state index is 0.0730. The van der Waals surface area contributed by atoms with Gasteiger partial charge in [-0.25, -0.2) is 8.78 Å². The number of hydrogen-bond donors (Lipinski definition) is 2. The average Bonchev–Trinajstić information content (AvgIpc) is 3.22. The average molecular weight is 1010 g/mol.